The van der Waals surface area contributed by atoms with Gasteiger partial charge >= 0.3 is 0 Å². The zero-order chi connectivity index (χ0) is 25.1. The van der Waals surface area contributed by atoms with E-state index in [2.05, 4.69) is 10.3 Å². The number of aliphatic hydroxyl groups is 1. The molecule has 0 atom stereocenters. The van der Waals surface area contributed by atoms with Crippen molar-refractivity contribution in [1.82, 2.24) is 15.0 Å². The number of aliphatic hydroxyl groups excluding tert-OH is 1. The van der Waals surface area contributed by atoms with Gasteiger partial charge in [-0.2, -0.15) is 0 Å². The minimum atomic E-state index is -0.683. The van der Waals surface area contributed by atoms with E-state index in [1.807, 2.05) is 0 Å². The summed E-state index contributed by atoms with van der Waals surface area (Å²) in [7, 11) is 1.41. The van der Waals surface area contributed by atoms with Crippen LogP contribution in [0, 0.1) is 5.82 Å². The van der Waals surface area contributed by atoms with E-state index in [9.17, 15) is 19.1 Å². The molecule has 6 N–H and O–H groups in total. The maximum Gasteiger partial charge on any atom is 0.269 e. The Morgan fingerprint density at radius 3 is 2.49 bits per heavy atom. The number of ether oxygens (including phenoxy) is 1. The first-order valence-corrected chi connectivity index (χ1v) is 11.3. The molecule has 184 valence electrons. The van der Waals surface area contributed by atoms with Gasteiger partial charge in [0.05, 0.1) is 18.8 Å². The molecule has 1 heterocycles. The zero-order valence-corrected chi connectivity index (χ0v) is 19.3. The fourth-order valence-electron chi connectivity index (χ4n) is 4.42. The predicted octanol–water partition coefficient (Wildman–Crippen LogP) is 2.46. The highest BCUT2D eigenvalue weighted by Crippen LogP contribution is 2.34. The van der Waals surface area contributed by atoms with Crippen LogP contribution in [0.4, 0.5) is 4.39 Å². The summed E-state index contributed by atoms with van der Waals surface area (Å²) in [4.78, 5) is 29.4. The first-order chi connectivity index (χ1) is 16.8. The molecule has 1 saturated carbocycles. The van der Waals surface area contributed by atoms with Crippen molar-refractivity contribution in [2.45, 2.75) is 44.2 Å². The fourth-order valence-corrected chi connectivity index (χ4v) is 4.42. The van der Waals surface area contributed by atoms with E-state index in [0.29, 0.717) is 29.9 Å². The second-order valence-corrected chi connectivity index (χ2v) is 8.63. The number of methoxy groups -OCH3 is 1. The summed E-state index contributed by atoms with van der Waals surface area (Å²) >= 11 is 0. The molecule has 0 saturated heterocycles. The van der Waals surface area contributed by atoms with Crippen LogP contribution in [0.15, 0.2) is 42.5 Å². The lowest BCUT2D eigenvalue weighted by Crippen LogP contribution is -2.26. The number of nitrogens with one attached hydrogen (secondary N) is 1. The van der Waals surface area contributed by atoms with Crippen molar-refractivity contribution >= 4 is 11.8 Å². The van der Waals surface area contributed by atoms with Crippen LogP contribution < -0.4 is 21.6 Å². The van der Waals surface area contributed by atoms with Gasteiger partial charge in [-0.1, -0.05) is 24.3 Å². The third-order valence-corrected chi connectivity index (χ3v) is 6.32. The molecule has 1 aromatic heterocycles. The fraction of sp³-hybridized carbons (Fsp3) is 0.320. The van der Waals surface area contributed by atoms with Crippen LogP contribution >= 0.6 is 0 Å². The number of imidazole rings is 1. The van der Waals surface area contributed by atoms with Gasteiger partial charge in [0.2, 0.25) is 0 Å². The molecule has 2 amide bonds. The SMILES string of the molecule is COc1ccc(F)cc1C(=O)NCc1ccc(-c2nc([C@H]3CC[C@@H](O)CC3)n(N)c2C(N)=O)cc1. The predicted molar refractivity (Wildman–Crippen MR) is 128 cm³/mol. The molecule has 1 fully saturated rings. The average Bonchev–Trinajstić information content (AvgIpc) is 3.20. The van der Waals surface area contributed by atoms with Gasteiger partial charge in [0.1, 0.15) is 23.1 Å². The van der Waals surface area contributed by atoms with Crippen molar-refractivity contribution < 1.29 is 23.8 Å². The largest absolute Gasteiger partial charge is 0.496 e. The number of nitrogens with two attached hydrogens (primary N) is 2. The van der Waals surface area contributed by atoms with E-state index < -0.39 is 17.6 Å². The Balaban J connectivity index is 1.52. The lowest BCUT2D eigenvalue weighted by atomic mass is 9.87. The molecule has 10 heteroatoms. The Hall–Kier alpha value is -3.92. The van der Waals surface area contributed by atoms with Gasteiger partial charge in [0.25, 0.3) is 11.8 Å². The summed E-state index contributed by atoms with van der Waals surface area (Å²) < 4.78 is 20.0. The molecule has 9 nitrogen and oxygen atoms in total. The highest BCUT2D eigenvalue weighted by atomic mass is 19.1. The monoisotopic (exact) mass is 481 g/mol. The second kappa shape index (κ2) is 10.1. The number of amides is 2. The Morgan fingerprint density at radius 2 is 1.86 bits per heavy atom. The van der Waals surface area contributed by atoms with Crippen molar-refractivity contribution in [1.29, 1.82) is 0 Å². The number of rotatable bonds is 7. The van der Waals surface area contributed by atoms with Crippen molar-refractivity contribution in [2.75, 3.05) is 13.0 Å². The summed E-state index contributed by atoms with van der Waals surface area (Å²) in [6, 6.07) is 10.9. The van der Waals surface area contributed by atoms with E-state index in [1.165, 1.54) is 23.9 Å². The van der Waals surface area contributed by atoms with Gasteiger partial charge in [-0.25, -0.2) is 14.1 Å². The standard InChI is InChI=1S/C25H28FN5O4/c1-35-20-11-8-17(26)12-19(20)25(34)29-13-14-2-4-15(5-3-14)21-22(23(27)33)31(28)24(30-21)16-6-9-18(32)10-7-16/h2-5,8,11-12,16,18,32H,6-7,9-10,13,28H2,1H3,(H2,27,33)(H,29,34)/t16-,18+. The molecule has 0 aliphatic heterocycles. The first kappa shape index (κ1) is 24.2. The number of halogens is 1. The number of nitrogen functional groups attached to an aromatic ring is 1. The molecule has 1 aliphatic carbocycles. The van der Waals surface area contributed by atoms with Gasteiger partial charge in [-0.3, -0.25) is 9.59 Å². The van der Waals surface area contributed by atoms with Crippen LogP contribution in [0.25, 0.3) is 11.3 Å². The van der Waals surface area contributed by atoms with Crippen LogP contribution in [0.5, 0.6) is 5.75 Å². The average molecular weight is 482 g/mol. The molecule has 0 spiro atoms. The van der Waals surface area contributed by atoms with Crippen LogP contribution in [0.1, 0.15) is 63.8 Å². The highest BCUT2D eigenvalue weighted by molar-refractivity contribution is 5.98. The van der Waals surface area contributed by atoms with E-state index in [0.717, 1.165) is 24.5 Å². The Kier molecular flexibility index (Phi) is 7.02. The molecule has 1 aliphatic rings. The molecular weight excluding hydrogens is 453 g/mol. The van der Waals surface area contributed by atoms with E-state index in [-0.39, 0.29) is 35.6 Å². The van der Waals surface area contributed by atoms with E-state index in [1.54, 1.807) is 24.3 Å². The van der Waals surface area contributed by atoms with E-state index in [4.69, 9.17) is 16.3 Å². The zero-order valence-electron chi connectivity index (χ0n) is 19.3. The number of carbonyl (C=O) groups excluding carboxylic acids is 2. The van der Waals surface area contributed by atoms with Gasteiger partial charge in [0.15, 0.2) is 5.69 Å². The number of hydrogen-bond donors (Lipinski definition) is 4. The first-order valence-electron chi connectivity index (χ1n) is 11.3. The summed E-state index contributed by atoms with van der Waals surface area (Å²) in [6.07, 6.45) is 2.43. The number of primary amides is 1. The van der Waals surface area contributed by atoms with Gasteiger partial charge in [0, 0.05) is 18.0 Å². The molecule has 0 unspecified atom stereocenters. The minimum Gasteiger partial charge on any atom is -0.496 e. The van der Waals surface area contributed by atoms with Gasteiger partial charge in [-0.05, 0) is 49.4 Å². The Morgan fingerprint density at radius 1 is 1.17 bits per heavy atom. The van der Waals surface area contributed by atoms with Crippen molar-refractivity contribution in [2.24, 2.45) is 5.73 Å². The van der Waals surface area contributed by atoms with Crippen molar-refractivity contribution in [3.63, 3.8) is 0 Å². The maximum absolute atomic E-state index is 13.6. The molecular formula is C25H28FN5O4. The number of benzene rings is 2. The van der Waals surface area contributed by atoms with Crippen LogP contribution in [-0.2, 0) is 6.54 Å². The third-order valence-electron chi connectivity index (χ3n) is 6.32. The summed E-state index contributed by atoms with van der Waals surface area (Å²) in [5, 5.41) is 12.5. The smallest absolute Gasteiger partial charge is 0.269 e. The lowest BCUT2D eigenvalue weighted by Gasteiger charge is -2.24. The number of carbonyl (C=O) groups is 2. The number of aromatic nitrogens is 2. The maximum atomic E-state index is 13.6. The third kappa shape index (κ3) is 5.12. The van der Waals surface area contributed by atoms with Crippen molar-refractivity contribution in [3.05, 3.63) is 70.9 Å². The van der Waals surface area contributed by atoms with E-state index >= 15 is 0 Å². The van der Waals surface area contributed by atoms with Crippen LogP contribution in [-0.4, -0.2) is 39.8 Å². The molecule has 0 radical (unpaired) electrons. The lowest BCUT2D eigenvalue weighted by molar-refractivity contribution is 0.0946. The Bertz CT molecular complexity index is 1230. The Labute approximate surface area is 201 Å². The van der Waals surface area contributed by atoms with Crippen LogP contribution in [0.2, 0.25) is 0 Å². The topological polar surface area (TPSA) is 145 Å². The normalized spacial score (nSPS) is 17.7. The quantitative estimate of drug-likeness (QED) is 0.382. The molecule has 2 aromatic carbocycles. The molecule has 4 rings (SSSR count). The molecule has 3 aromatic rings. The van der Waals surface area contributed by atoms with Crippen LogP contribution in [0.3, 0.4) is 0 Å². The molecule has 0 bridgehead atoms. The second-order valence-electron chi connectivity index (χ2n) is 8.63. The van der Waals surface area contributed by atoms with Gasteiger partial charge in [-0.15, -0.1) is 0 Å². The summed E-state index contributed by atoms with van der Waals surface area (Å²) in [6.45, 7) is 0.197. The minimum absolute atomic E-state index is 0.0320. The number of hydrogen-bond acceptors (Lipinski definition) is 6. The van der Waals surface area contributed by atoms with Gasteiger partial charge < -0.3 is 26.7 Å². The van der Waals surface area contributed by atoms with Crippen molar-refractivity contribution in [3.8, 4) is 17.0 Å². The highest BCUT2D eigenvalue weighted by Gasteiger charge is 2.29. The molecule has 35 heavy (non-hydrogen) atoms. The number of nitrogens with zero attached hydrogens (tertiary/aromatic N) is 2. The summed E-state index contributed by atoms with van der Waals surface area (Å²) in [5.74, 6) is 5.41. The summed E-state index contributed by atoms with van der Waals surface area (Å²) in [5.41, 5.74) is 7.66.